The second kappa shape index (κ2) is 38.4. The maximum absolute atomic E-state index is 15.1. The van der Waals surface area contributed by atoms with Crippen LogP contribution in [0.2, 0.25) is 0 Å². The summed E-state index contributed by atoms with van der Waals surface area (Å²) >= 11 is 4.76. The molecule has 0 unspecified atom stereocenters. The molecule has 1 aliphatic heterocycles. The quantitative estimate of drug-likeness (QED) is 0.140. The van der Waals surface area contributed by atoms with E-state index in [1.807, 2.05) is 61.5 Å². The summed E-state index contributed by atoms with van der Waals surface area (Å²) in [5.41, 5.74) is 1.22. The minimum Gasteiger partial charge on any atom is -0.390 e. The molecule has 504 valence electrons. The lowest BCUT2D eigenvalue weighted by atomic mass is 9.91. The van der Waals surface area contributed by atoms with Gasteiger partial charge in [-0.1, -0.05) is 127 Å². The Morgan fingerprint density at radius 1 is 0.500 bits per heavy atom. The number of rotatable bonds is 15. The molecule has 1 fully saturated rings. The van der Waals surface area contributed by atoms with Crippen molar-refractivity contribution in [3.05, 3.63) is 24.3 Å². The maximum Gasteiger partial charge on any atom is 0.246 e. The van der Waals surface area contributed by atoms with Crippen LogP contribution in [0.25, 0.3) is 0 Å². The molecule has 88 heavy (non-hydrogen) atoms. The number of allylic oxidation sites excluding steroid dienone is 2. The van der Waals surface area contributed by atoms with Gasteiger partial charge in [-0.05, 0) is 106 Å². The van der Waals surface area contributed by atoms with Gasteiger partial charge >= 0.3 is 0 Å². The molecule has 23 nitrogen and oxygen atoms in total. The number of hydrogen-bond acceptors (Lipinski definition) is 12. The summed E-state index contributed by atoms with van der Waals surface area (Å²) in [6.07, 6.45) is 3.04. The Hall–Kier alpha value is -6.10. The van der Waals surface area contributed by atoms with Gasteiger partial charge in [0.25, 0.3) is 0 Å². The summed E-state index contributed by atoms with van der Waals surface area (Å²) in [6.45, 7) is 32.5. The van der Waals surface area contributed by atoms with Gasteiger partial charge in [0.05, 0.1) is 12.6 Å². The number of halogens is 1. The Balaban J connectivity index is 0.0000247. The van der Waals surface area contributed by atoms with Crippen LogP contribution in [0.4, 0.5) is 0 Å². The van der Waals surface area contributed by atoms with E-state index in [0.717, 1.165) is 9.80 Å². The predicted octanol–water partition coefficient (Wildman–Crippen LogP) is 4.64. The van der Waals surface area contributed by atoms with Crippen LogP contribution >= 0.6 is 11.6 Å². The number of amides is 11. The van der Waals surface area contributed by atoms with Gasteiger partial charge in [-0.2, -0.15) is 0 Å². The Kier molecular flexibility index (Phi) is 35.8. The molecule has 1 aliphatic rings. The molecule has 0 aromatic rings. The zero-order valence-corrected chi connectivity index (χ0v) is 58.5. The summed E-state index contributed by atoms with van der Waals surface area (Å²) in [5, 5.41) is 23.1. The molecule has 12 atom stereocenters. The minimum absolute atomic E-state index is 0.0229. The fourth-order valence-corrected chi connectivity index (χ4v) is 10.7. The second-order valence-electron chi connectivity index (χ2n) is 26.2. The molecule has 1 heterocycles. The lowest BCUT2D eigenvalue weighted by molar-refractivity contribution is -0.157. The smallest absolute Gasteiger partial charge is 0.246 e. The third-order valence-corrected chi connectivity index (χ3v) is 16.1. The van der Waals surface area contributed by atoms with Crippen LogP contribution < -0.4 is 21.3 Å². The van der Waals surface area contributed by atoms with E-state index in [1.54, 1.807) is 54.5 Å². The Morgan fingerprint density at radius 3 is 1.33 bits per heavy atom. The lowest BCUT2D eigenvalue weighted by Gasteiger charge is -2.41. The Labute approximate surface area is 532 Å². The number of aliphatic hydroxyl groups is 1. The largest absolute Gasteiger partial charge is 0.390 e. The molecular weight excluding hydrogens is 1150 g/mol. The number of hydrogen-bond donors (Lipinski definition) is 5. The summed E-state index contributed by atoms with van der Waals surface area (Å²) in [6, 6.07) is -12.3. The van der Waals surface area contributed by atoms with Crippen LogP contribution in [0.1, 0.15) is 156 Å². The highest BCUT2D eigenvalue weighted by Crippen LogP contribution is 2.26. The third kappa shape index (κ3) is 24.0. The average molecular weight is 1270 g/mol. The van der Waals surface area contributed by atoms with Crippen molar-refractivity contribution in [2.75, 3.05) is 55.9 Å². The van der Waals surface area contributed by atoms with Gasteiger partial charge in [0, 0.05) is 49.3 Å². The molecule has 5 N–H and O–H groups in total. The van der Waals surface area contributed by atoms with Crippen LogP contribution in [0.15, 0.2) is 24.3 Å². The van der Waals surface area contributed by atoms with E-state index < -0.39 is 156 Å². The molecule has 11 amide bonds. The van der Waals surface area contributed by atoms with E-state index in [9.17, 15) is 48.3 Å². The molecule has 0 bridgehead atoms. The van der Waals surface area contributed by atoms with Crippen molar-refractivity contribution in [2.24, 2.45) is 41.4 Å². The summed E-state index contributed by atoms with van der Waals surface area (Å²) in [5.74, 6) is -9.71. The third-order valence-electron chi connectivity index (χ3n) is 16.1. The van der Waals surface area contributed by atoms with Gasteiger partial charge in [-0.3, -0.25) is 52.7 Å². The fourth-order valence-electron chi connectivity index (χ4n) is 10.7. The number of carbonyl (C=O) groups excluding carboxylic acids is 11. The van der Waals surface area contributed by atoms with Crippen molar-refractivity contribution in [2.45, 2.75) is 223 Å². The van der Waals surface area contributed by atoms with Crippen molar-refractivity contribution in [3.63, 3.8) is 0 Å². The van der Waals surface area contributed by atoms with Crippen LogP contribution in [0, 0.1) is 41.4 Å². The van der Waals surface area contributed by atoms with E-state index in [0.29, 0.717) is 6.42 Å². The van der Waals surface area contributed by atoms with Crippen LogP contribution in [0.3, 0.4) is 0 Å². The van der Waals surface area contributed by atoms with Crippen molar-refractivity contribution in [3.8, 4) is 0 Å². The summed E-state index contributed by atoms with van der Waals surface area (Å²) in [4.78, 5) is 169. The van der Waals surface area contributed by atoms with E-state index in [1.165, 1.54) is 93.2 Å². The molecule has 1 saturated heterocycles. The molecular formula is C64H114ClN11O12. The van der Waals surface area contributed by atoms with Crippen molar-refractivity contribution < 1.29 is 57.8 Å². The normalized spacial score (nSPS) is 26.1. The minimum atomic E-state index is -1.61. The Morgan fingerprint density at radius 2 is 0.898 bits per heavy atom. The van der Waals surface area contributed by atoms with Crippen molar-refractivity contribution in [1.29, 1.82) is 0 Å². The van der Waals surface area contributed by atoms with E-state index >= 15 is 9.59 Å². The molecule has 0 aliphatic carbocycles. The van der Waals surface area contributed by atoms with Gasteiger partial charge in [-0.25, -0.2) is 0 Å². The predicted molar refractivity (Wildman–Crippen MR) is 344 cm³/mol. The van der Waals surface area contributed by atoms with Crippen LogP contribution in [-0.4, -0.2) is 227 Å². The Bertz CT molecular complexity index is 2380. The van der Waals surface area contributed by atoms with E-state index in [-0.39, 0.29) is 55.8 Å². The number of carbonyl (C=O) groups is 11. The standard InChI is InChI=1S/C62H111N11O12.C2H3Cl/c1-25-27-28-40(15)52(75)51-56(79)65-43(26-2)58(81)67(18)33-48(74)68(19)44(29-34(3)4)55(78)66-49(38(11)12)61(84)69(20)45(30-35(5)6)54(77)63-41(16)53(76)64-42(17)57(80)70(21)46(31-36(7)8)59(82)71(22)47(32-37(9)10)60(83)72(23)50(39(13)14)62(85)73(51)24;1-2-3/h25,27,34-47,49-52,75H,26,28-33H2,1-24H3,(H,63,77)(H,64,76)(H,65,79)(H,66,78);2H,1H2/b27-25+;/t40-,41+,42-,43+,44+,45+,46+,47+,49+,50+,51+,52-;/m1./s1. The van der Waals surface area contributed by atoms with Crippen molar-refractivity contribution in [1.82, 2.24) is 55.6 Å². The first-order chi connectivity index (χ1) is 40.6. The highest BCUT2D eigenvalue weighted by atomic mass is 35.5. The van der Waals surface area contributed by atoms with E-state index in [2.05, 4.69) is 27.8 Å². The van der Waals surface area contributed by atoms with Crippen LogP contribution in [0.5, 0.6) is 0 Å². The van der Waals surface area contributed by atoms with Crippen molar-refractivity contribution >= 4 is 76.6 Å². The fraction of sp³-hybridized carbons (Fsp3) is 0.766. The molecule has 0 saturated carbocycles. The van der Waals surface area contributed by atoms with Gasteiger partial charge in [0.1, 0.15) is 60.4 Å². The topological polar surface area (TPSA) is 279 Å². The average Bonchev–Trinajstić information content (AvgIpc) is 2.62. The number of nitrogens with zero attached hydrogens (tertiary/aromatic N) is 7. The first-order valence-electron chi connectivity index (χ1n) is 31.2. The molecule has 0 aromatic carbocycles. The zero-order valence-electron chi connectivity index (χ0n) is 57.7. The SMILES string of the molecule is C/C=C/C[C@@H](C)[C@@H](O)[C@H]1C(=O)N[C@@H](CC)C(=O)N(C)CC(=O)N(C)[C@@H](CC(C)C)C(=O)N[C@@H](C(C)C)C(=O)N(C)[C@@H](CC(C)C)C(=O)N[C@@H](C)C(=O)N[C@H](C)C(=O)N(C)[C@@H](CC(C)C)C(=O)N(C)[C@@H](CC(C)C)C(=O)N(C)[C@@H](C(C)C)C(=O)N1C.C=CCl. The number of aliphatic hydroxyl groups excluding tert-OH is 1. The molecule has 24 heteroatoms. The summed E-state index contributed by atoms with van der Waals surface area (Å²) < 4.78 is 0. The number of nitrogens with one attached hydrogen (secondary N) is 4. The zero-order chi connectivity index (χ0) is 68.7. The molecule has 0 aromatic heterocycles. The highest BCUT2D eigenvalue weighted by molar-refractivity contribution is 6.25. The van der Waals surface area contributed by atoms with Gasteiger partial charge in [0.2, 0.25) is 65.0 Å². The second-order valence-corrected chi connectivity index (χ2v) is 26.6. The first-order valence-corrected chi connectivity index (χ1v) is 31.6. The van der Waals surface area contributed by atoms with E-state index in [4.69, 9.17) is 11.6 Å². The molecule has 0 radical (unpaired) electrons. The van der Waals surface area contributed by atoms with Gasteiger partial charge in [-0.15, -0.1) is 0 Å². The lowest BCUT2D eigenvalue weighted by Crippen LogP contribution is -2.63. The van der Waals surface area contributed by atoms with Crippen LogP contribution in [-0.2, 0) is 52.7 Å². The molecule has 0 spiro atoms. The van der Waals surface area contributed by atoms with Gasteiger partial charge in [0.15, 0.2) is 0 Å². The summed E-state index contributed by atoms with van der Waals surface area (Å²) in [7, 11) is 9.92. The monoisotopic (exact) mass is 1260 g/mol. The highest BCUT2D eigenvalue weighted by Gasteiger charge is 2.45. The first kappa shape index (κ1) is 81.9. The number of likely N-dealkylation sites (N-methyl/N-ethyl adjacent to an activating group) is 7. The maximum atomic E-state index is 15.1. The van der Waals surface area contributed by atoms with Gasteiger partial charge < -0.3 is 60.7 Å². The molecule has 1 rings (SSSR count).